The Hall–Kier alpha value is -0.790. The SMILES string of the molecule is CCCC1SCC(C(=O)O)N1C(=O)C1CNCCO1. The molecule has 2 N–H and O–H groups in total. The second kappa shape index (κ2) is 6.58. The number of aliphatic carboxylic acids is 1. The first kappa shape index (κ1) is 14.6. The van der Waals surface area contributed by atoms with Gasteiger partial charge in [0.05, 0.1) is 12.0 Å². The van der Waals surface area contributed by atoms with Crippen molar-refractivity contribution in [2.75, 3.05) is 25.4 Å². The number of hydrogen-bond acceptors (Lipinski definition) is 5. The molecule has 0 spiro atoms. The van der Waals surface area contributed by atoms with Gasteiger partial charge in [-0.1, -0.05) is 13.3 Å². The molecule has 6 nitrogen and oxygen atoms in total. The molecule has 3 atom stereocenters. The summed E-state index contributed by atoms with van der Waals surface area (Å²) >= 11 is 1.55. The Labute approximate surface area is 116 Å². The molecule has 2 aliphatic rings. The summed E-state index contributed by atoms with van der Waals surface area (Å²) < 4.78 is 5.45. The van der Waals surface area contributed by atoms with Gasteiger partial charge in [0.2, 0.25) is 0 Å². The van der Waals surface area contributed by atoms with E-state index in [2.05, 4.69) is 5.32 Å². The van der Waals surface area contributed by atoms with Crippen molar-refractivity contribution in [3.05, 3.63) is 0 Å². The van der Waals surface area contributed by atoms with Crippen LogP contribution in [0.15, 0.2) is 0 Å². The zero-order valence-corrected chi connectivity index (χ0v) is 11.8. The molecule has 0 bridgehead atoms. The molecule has 0 aromatic rings. The van der Waals surface area contributed by atoms with E-state index >= 15 is 0 Å². The molecule has 3 unspecified atom stereocenters. The maximum absolute atomic E-state index is 12.5. The molecular weight excluding hydrogens is 268 g/mol. The van der Waals surface area contributed by atoms with Crippen LogP contribution >= 0.6 is 11.8 Å². The first-order valence-corrected chi connectivity index (χ1v) is 7.69. The summed E-state index contributed by atoms with van der Waals surface area (Å²) in [6.07, 6.45) is 1.20. The lowest BCUT2D eigenvalue weighted by Crippen LogP contribution is -2.54. The highest BCUT2D eigenvalue weighted by Gasteiger charge is 2.43. The smallest absolute Gasteiger partial charge is 0.327 e. The quantitative estimate of drug-likeness (QED) is 0.765. The fourth-order valence-corrected chi connectivity index (χ4v) is 3.93. The van der Waals surface area contributed by atoms with Crippen LogP contribution in [0.3, 0.4) is 0 Å². The van der Waals surface area contributed by atoms with E-state index in [9.17, 15) is 14.7 Å². The summed E-state index contributed by atoms with van der Waals surface area (Å²) in [4.78, 5) is 25.3. The van der Waals surface area contributed by atoms with Crippen molar-refractivity contribution >= 4 is 23.6 Å². The molecule has 7 heteroatoms. The number of nitrogens with zero attached hydrogens (tertiary/aromatic N) is 1. The van der Waals surface area contributed by atoms with Gasteiger partial charge in [-0.15, -0.1) is 11.8 Å². The number of thioether (sulfide) groups is 1. The Kier molecular flexibility index (Phi) is 5.06. The summed E-state index contributed by atoms with van der Waals surface area (Å²) in [6.45, 7) is 3.73. The minimum atomic E-state index is -0.928. The van der Waals surface area contributed by atoms with E-state index in [1.54, 1.807) is 11.8 Å². The molecule has 2 fully saturated rings. The summed E-state index contributed by atoms with van der Waals surface area (Å²) in [5.41, 5.74) is 0. The minimum Gasteiger partial charge on any atom is -0.480 e. The van der Waals surface area contributed by atoms with Crippen molar-refractivity contribution in [2.45, 2.75) is 37.3 Å². The summed E-state index contributed by atoms with van der Waals surface area (Å²) in [5.74, 6) is -0.655. The van der Waals surface area contributed by atoms with Crippen LogP contribution in [-0.2, 0) is 14.3 Å². The molecular formula is C12H20N2O4S. The molecule has 108 valence electrons. The molecule has 0 aromatic heterocycles. The predicted molar refractivity (Wildman–Crippen MR) is 72.0 cm³/mol. The molecule has 19 heavy (non-hydrogen) atoms. The van der Waals surface area contributed by atoms with Crippen molar-refractivity contribution in [3.8, 4) is 0 Å². The van der Waals surface area contributed by atoms with E-state index < -0.39 is 18.1 Å². The van der Waals surface area contributed by atoms with E-state index in [0.717, 1.165) is 19.4 Å². The molecule has 2 aliphatic heterocycles. The van der Waals surface area contributed by atoms with Crippen molar-refractivity contribution < 1.29 is 19.4 Å². The molecule has 2 rings (SSSR count). The fraction of sp³-hybridized carbons (Fsp3) is 0.833. The number of morpholine rings is 1. The number of carboxylic acid groups (broad SMARTS) is 1. The lowest BCUT2D eigenvalue weighted by Gasteiger charge is -2.32. The van der Waals surface area contributed by atoms with Crippen molar-refractivity contribution in [1.29, 1.82) is 0 Å². The number of carbonyl (C=O) groups excluding carboxylic acids is 1. The lowest BCUT2D eigenvalue weighted by atomic mass is 10.2. The van der Waals surface area contributed by atoms with Gasteiger partial charge >= 0.3 is 5.97 Å². The number of nitrogens with one attached hydrogen (secondary N) is 1. The van der Waals surface area contributed by atoms with Crippen LogP contribution in [0, 0.1) is 0 Å². The summed E-state index contributed by atoms with van der Waals surface area (Å²) in [5, 5.41) is 12.3. The Morgan fingerprint density at radius 1 is 1.53 bits per heavy atom. The van der Waals surface area contributed by atoms with Crippen LogP contribution in [0.4, 0.5) is 0 Å². The zero-order valence-electron chi connectivity index (χ0n) is 11.0. The highest BCUT2D eigenvalue weighted by Crippen LogP contribution is 2.33. The van der Waals surface area contributed by atoms with Gasteiger partial charge in [0.25, 0.3) is 5.91 Å². The van der Waals surface area contributed by atoms with E-state index in [1.165, 1.54) is 4.90 Å². The maximum atomic E-state index is 12.5. The van der Waals surface area contributed by atoms with Crippen LogP contribution in [-0.4, -0.2) is 64.9 Å². The van der Waals surface area contributed by atoms with E-state index in [0.29, 0.717) is 18.9 Å². The number of rotatable bonds is 4. The van der Waals surface area contributed by atoms with Crippen LogP contribution in [0.25, 0.3) is 0 Å². The van der Waals surface area contributed by atoms with Gasteiger partial charge < -0.3 is 20.1 Å². The Morgan fingerprint density at radius 3 is 2.89 bits per heavy atom. The van der Waals surface area contributed by atoms with Crippen LogP contribution in [0.2, 0.25) is 0 Å². The van der Waals surface area contributed by atoms with E-state index in [1.807, 2.05) is 6.92 Å². The molecule has 2 saturated heterocycles. The van der Waals surface area contributed by atoms with Crippen LogP contribution < -0.4 is 5.32 Å². The molecule has 0 radical (unpaired) electrons. The molecule has 0 aliphatic carbocycles. The molecule has 1 amide bonds. The normalized spacial score (nSPS) is 31.4. The first-order valence-electron chi connectivity index (χ1n) is 6.64. The number of carbonyl (C=O) groups is 2. The second-order valence-corrected chi connectivity index (χ2v) is 5.95. The van der Waals surface area contributed by atoms with Gasteiger partial charge in [0.1, 0.15) is 12.1 Å². The minimum absolute atomic E-state index is 0.0378. The Balaban J connectivity index is 2.10. The third-order valence-electron chi connectivity index (χ3n) is 3.37. The van der Waals surface area contributed by atoms with Gasteiger partial charge in [-0.2, -0.15) is 0 Å². The first-order chi connectivity index (χ1) is 9.15. The van der Waals surface area contributed by atoms with Gasteiger partial charge in [0, 0.05) is 18.8 Å². The second-order valence-electron chi connectivity index (χ2n) is 4.74. The van der Waals surface area contributed by atoms with Gasteiger partial charge in [0.15, 0.2) is 0 Å². The third kappa shape index (κ3) is 3.21. The number of carboxylic acids is 1. The molecule has 0 aromatic carbocycles. The lowest BCUT2D eigenvalue weighted by molar-refractivity contribution is -0.156. The topological polar surface area (TPSA) is 78.9 Å². The van der Waals surface area contributed by atoms with Gasteiger partial charge in [-0.3, -0.25) is 4.79 Å². The standard InChI is InChI=1S/C12H20N2O4S/c1-2-3-10-14(8(7-19-10)12(16)17)11(15)9-6-13-4-5-18-9/h8-10,13H,2-7H2,1H3,(H,16,17). The Bertz CT molecular complexity index is 347. The monoisotopic (exact) mass is 288 g/mol. The van der Waals surface area contributed by atoms with Crippen LogP contribution in [0.5, 0.6) is 0 Å². The highest BCUT2D eigenvalue weighted by molar-refractivity contribution is 8.00. The average Bonchev–Trinajstić information content (AvgIpc) is 2.83. The number of amides is 1. The zero-order chi connectivity index (χ0) is 13.8. The van der Waals surface area contributed by atoms with Crippen LogP contribution in [0.1, 0.15) is 19.8 Å². The van der Waals surface area contributed by atoms with Crippen molar-refractivity contribution in [2.24, 2.45) is 0 Å². The largest absolute Gasteiger partial charge is 0.480 e. The molecule has 0 saturated carbocycles. The number of ether oxygens (including phenoxy) is 1. The highest BCUT2D eigenvalue weighted by atomic mass is 32.2. The summed E-state index contributed by atoms with van der Waals surface area (Å²) in [6, 6.07) is -0.723. The van der Waals surface area contributed by atoms with Gasteiger partial charge in [-0.05, 0) is 6.42 Å². The van der Waals surface area contributed by atoms with Gasteiger partial charge in [-0.25, -0.2) is 4.79 Å². The fourth-order valence-electron chi connectivity index (χ4n) is 2.41. The average molecular weight is 288 g/mol. The van der Waals surface area contributed by atoms with E-state index in [-0.39, 0.29) is 11.3 Å². The van der Waals surface area contributed by atoms with Crippen molar-refractivity contribution in [3.63, 3.8) is 0 Å². The van der Waals surface area contributed by atoms with Crippen molar-refractivity contribution in [1.82, 2.24) is 10.2 Å². The number of hydrogen-bond donors (Lipinski definition) is 2. The van der Waals surface area contributed by atoms with E-state index in [4.69, 9.17) is 4.74 Å². The third-order valence-corrected chi connectivity index (χ3v) is 4.73. The summed E-state index contributed by atoms with van der Waals surface area (Å²) in [7, 11) is 0. The maximum Gasteiger partial charge on any atom is 0.327 e. The predicted octanol–water partition coefficient (Wildman–Crippen LogP) is 0.130. The Morgan fingerprint density at radius 2 is 2.32 bits per heavy atom. The molecule has 2 heterocycles.